The molecule has 0 aliphatic heterocycles. The van der Waals surface area contributed by atoms with Crippen LogP contribution in [0, 0.1) is 5.92 Å². The molecular formula is C10H15NO. The predicted octanol–water partition coefficient (Wildman–Crippen LogP) is 2.37. The first-order valence-corrected chi connectivity index (χ1v) is 3.98. The summed E-state index contributed by atoms with van der Waals surface area (Å²) in [6.07, 6.45) is 4.71. The lowest BCUT2D eigenvalue weighted by atomic mass is 10.0. The highest BCUT2D eigenvalue weighted by Gasteiger charge is 2.09. The van der Waals surface area contributed by atoms with Gasteiger partial charge in [0.25, 0.3) is 0 Å². The molecule has 66 valence electrons. The van der Waals surface area contributed by atoms with Gasteiger partial charge < -0.3 is 0 Å². The third-order valence-corrected chi connectivity index (χ3v) is 1.44. The summed E-state index contributed by atoms with van der Waals surface area (Å²) in [6, 6.07) is 0. The first-order chi connectivity index (χ1) is 5.63. The molecule has 0 radical (unpaired) electrons. The molecule has 0 aromatic heterocycles. The van der Waals surface area contributed by atoms with E-state index in [1.165, 1.54) is 12.4 Å². The van der Waals surface area contributed by atoms with Crippen LogP contribution in [0.1, 0.15) is 20.8 Å². The first-order valence-electron chi connectivity index (χ1n) is 3.98. The molecule has 0 aromatic rings. The van der Waals surface area contributed by atoms with Crippen LogP contribution >= 0.6 is 0 Å². The SMILES string of the molecule is C=CN=C/C(=C/C)C(=O)C(C)C. The lowest BCUT2D eigenvalue weighted by Crippen LogP contribution is -2.10. The summed E-state index contributed by atoms with van der Waals surface area (Å²) in [5.41, 5.74) is 0.643. The van der Waals surface area contributed by atoms with Crippen LogP contribution in [0.15, 0.2) is 29.4 Å². The third-order valence-electron chi connectivity index (χ3n) is 1.44. The van der Waals surface area contributed by atoms with Crippen LogP contribution in [0.2, 0.25) is 0 Å². The van der Waals surface area contributed by atoms with Crippen LogP contribution in [0.4, 0.5) is 0 Å². The molecule has 0 saturated carbocycles. The van der Waals surface area contributed by atoms with Crippen LogP contribution in [0.3, 0.4) is 0 Å². The van der Waals surface area contributed by atoms with Crippen molar-refractivity contribution in [3.8, 4) is 0 Å². The van der Waals surface area contributed by atoms with Gasteiger partial charge >= 0.3 is 0 Å². The van der Waals surface area contributed by atoms with Gasteiger partial charge in [-0.1, -0.05) is 26.5 Å². The second kappa shape index (κ2) is 5.47. The van der Waals surface area contributed by atoms with Crippen molar-refractivity contribution in [2.24, 2.45) is 10.9 Å². The molecule has 0 amide bonds. The van der Waals surface area contributed by atoms with Crippen LogP contribution in [0.25, 0.3) is 0 Å². The Kier molecular flexibility index (Phi) is 4.93. The zero-order valence-corrected chi connectivity index (χ0v) is 7.87. The van der Waals surface area contributed by atoms with Crippen LogP contribution in [-0.4, -0.2) is 12.0 Å². The van der Waals surface area contributed by atoms with Crippen molar-refractivity contribution in [2.75, 3.05) is 0 Å². The Morgan fingerprint density at radius 1 is 1.50 bits per heavy atom. The molecular weight excluding hydrogens is 150 g/mol. The summed E-state index contributed by atoms with van der Waals surface area (Å²) in [4.78, 5) is 15.2. The Bertz CT molecular complexity index is 224. The van der Waals surface area contributed by atoms with Crippen molar-refractivity contribution in [3.05, 3.63) is 24.4 Å². The summed E-state index contributed by atoms with van der Waals surface area (Å²) in [7, 11) is 0. The number of Topliss-reactive ketones (excluding diaryl/α,β-unsaturated/α-hetero) is 1. The van der Waals surface area contributed by atoms with E-state index < -0.39 is 0 Å². The number of allylic oxidation sites excluding steroid dienone is 2. The van der Waals surface area contributed by atoms with Crippen molar-refractivity contribution in [1.29, 1.82) is 0 Å². The van der Waals surface area contributed by atoms with Gasteiger partial charge in [-0.25, -0.2) is 0 Å². The molecule has 0 bridgehead atoms. The van der Waals surface area contributed by atoms with Crippen molar-refractivity contribution >= 4 is 12.0 Å². The Labute approximate surface area is 73.7 Å². The molecule has 0 rings (SSSR count). The summed E-state index contributed by atoms with van der Waals surface area (Å²) < 4.78 is 0. The number of aliphatic imine (C=N–C) groups is 1. The fourth-order valence-corrected chi connectivity index (χ4v) is 0.747. The largest absolute Gasteiger partial charge is 0.294 e. The Morgan fingerprint density at radius 2 is 2.08 bits per heavy atom. The van der Waals surface area contributed by atoms with Crippen molar-refractivity contribution in [1.82, 2.24) is 0 Å². The fourth-order valence-electron chi connectivity index (χ4n) is 0.747. The topological polar surface area (TPSA) is 29.4 Å². The molecule has 2 nitrogen and oxygen atoms in total. The molecule has 0 spiro atoms. The maximum absolute atomic E-state index is 11.4. The lowest BCUT2D eigenvalue weighted by molar-refractivity contribution is -0.117. The molecule has 0 aromatic carbocycles. The Morgan fingerprint density at radius 3 is 2.42 bits per heavy atom. The van der Waals surface area contributed by atoms with Crippen molar-refractivity contribution in [2.45, 2.75) is 20.8 Å². The predicted molar refractivity (Wildman–Crippen MR) is 52.3 cm³/mol. The minimum absolute atomic E-state index is 0.0208. The fraction of sp³-hybridized carbons (Fsp3) is 0.400. The van der Waals surface area contributed by atoms with Crippen LogP contribution in [0.5, 0.6) is 0 Å². The van der Waals surface area contributed by atoms with E-state index in [-0.39, 0.29) is 11.7 Å². The molecule has 2 heteroatoms. The smallest absolute Gasteiger partial charge is 0.166 e. The molecule has 0 aliphatic carbocycles. The number of hydrogen-bond acceptors (Lipinski definition) is 2. The molecule has 0 fully saturated rings. The average Bonchev–Trinajstić information content (AvgIpc) is 2.05. The number of nitrogens with zero attached hydrogens (tertiary/aromatic N) is 1. The highest BCUT2D eigenvalue weighted by atomic mass is 16.1. The quantitative estimate of drug-likeness (QED) is 0.464. The van der Waals surface area contributed by atoms with Crippen molar-refractivity contribution in [3.63, 3.8) is 0 Å². The molecule has 0 N–H and O–H groups in total. The van der Waals surface area contributed by atoms with Gasteiger partial charge in [-0.05, 0) is 6.92 Å². The Hall–Kier alpha value is -1.18. The van der Waals surface area contributed by atoms with E-state index in [4.69, 9.17) is 0 Å². The lowest BCUT2D eigenvalue weighted by Gasteiger charge is -2.02. The normalized spacial score (nSPS) is 12.5. The summed E-state index contributed by atoms with van der Waals surface area (Å²) >= 11 is 0. The van der Waals surface area contributed by atoms with Gasteiger partial charge in [-0.2, -0.15) is 0 Å². The second-order valence-corrected chi connectivity index (χ2v) is 2.72. The zero-order chi connectivity index (χ0) is 9.56. The van der Waals surface area contributed by atoms with Crippen LogP contribution in [-0.2, 0) is 4.79 Å². The number of rotatable bonds is 4. The van der Waals surface area contributed by atoms with Gasteiger partial charge in [0, 0.05) is 23.9 Å². The van der Waals surface area contributed by atoms with E-state index in [1.807, 2.05) is 20.8 Å². The van der Waals surface area contributed by atoms with Crippen LogP contribution < -0.4 is 0 Å². The maximum Gasteiger partial charge on any atom is 0.166 e. The van der Waals surface area contributed by atoms with Gasteiger partial charge in [0.15, 0.2) is 5.78 Å². The molecule has 0 atom stereocenters. The molecule has 0 aliphatic rings. The van der Waals surface area contributed by atoms with E-state index in [2.05, 4.69) is 11.6 Å². The molecule has 12 heavy (non-hydrogen) atoms. The van der Waals surface area contributed by atoms with E-state index in [0.29, 0.717) is 5.57 Å². The van der Waals surface area contributed by atoms with Gasteiger partial charge in [0.2, 0.25) is 0 Å². The molecule has 0 unspecified atom stereocenters. The first kappa shape index (κ1) is 10.8. The van der Waals surface area contributed by atoms with Gasteiger partial charge in [0.05, 0.1) is 0 Å². The number of carbonyl (C=O) groups excluding carboxylic acids is 1. The average molecular weight is 165 g/mol. The van der Waals surface area contributed by atoms with E-state index >= 15 is 0 Å². The van der Waals surface area contributed by atoms with E-state index in [0.717, 1.165) is 0 Å². The highest BCUT2D eigenvalue weighted by Crippen LogP contribution is 2.03. The van der Waals surface area contributed by atoms with Gasteiger partial charge in [0.1, 0.15) is 0 Å². The summed E-state index contributed by atoms with van der Waals surface area (Å²) in [5, 5.41) is 0. The Balaban J connectivity index is 4.48. The number of hydrogen-bond donors (Lipinski definition) is 0. The molecule has 0 heterocycles. The summed E-state index contributed by atoms with van der Waals surface area (Å²) in [6.45, 7) is 9.00. The number of ketones is 1. The van der Waals surface area contributed by atoms with E-state index in [9.17, 15) is 4.79 Å². The second-order valence-electron chi connectivity index (χ2n) is 2.72. The molecule has 0 saturated heterocycles. The maximum atomic E-state index is 11.4. The van der Waals surface area contributed by atoms with Gasteiger partial charge in [-0.15, -0.1) is 0 Å². The summed E-state index contributed by atoms with van der Waals surface area (Å²) in [5.74, 6) is 0.135. The van der Waals surface area contributed by atoms with Crippen molar-refractivity contribution < 1.29 is 4.79 Å². The number of carbonyl (C=O) groups is 1. The third kappa shape index (κ3) is 3.28. The minimum atomic E-state index is 0.0208. The monoisotopic (exact) mass is 165 g/mol. The minimum Gasteiger partial charge on any atom is -0.294 e. The zero-order valence-electron chi connectivity index (χ0n) is 7.87. The van der Waals surface area contributed by atoms with Gasteiger partial charge in [-0.3, -0.25) is 9.79 Å². The standard InChI is InChI=1S/C10H15NO/c1-5-9(7-11-6-2)10(12)8(3)4/h5-8H,2H2,1,3-4H3/b9-5-,11-7?. The van der Waals surface area contributed by atoms with E-state index in [1.54, 1.807) is 6.08 Å². The highest BCUT2D eigenvalue weighted by molar-refractivity contribution is 6.13.